The molecule has 2 nitrogen and oxygen atoms in total. The Hall–Kier alpha value is -0.370. The molecule has 0 amide bonds. The Balaban J connectivity index is 4.14. The lowest BCUT2D eigenvalue weighted by Gasteiger charge is -2.30. The third-order valence-corrected chi connectivity index (χ3v) is 3.12. The van der Waals surface area contributed by atoms with Gasteiger partial charge in [0.2, 0.25) is 0 Å². The van der Waals surface area contributed by atoms with Gasteiger partial charge in [-0.05, 0) is 30.7 Å². The smallest absolute Gasteiger partial charge is 0.135 e. The number of ketones is 1. The van der Waals surface area contributed by atoms with Gasteiger partial charge in [0.1, 0.15) is 5.78 Å². The molecule has 0 saturated carbocycles. The van der Waals surface area contributed by atoms with E-state index in [2.05, 4.69) is 20.8 Å². The summed E-state index contributed by atoms with van der Waals surface area (Å²) in [7, 11) is 0. The topological polar surface area (TPSA) is 43.1 Å². The average molecular weight is 213 g/mol. The molecule has 0 aromatic rings. The normalized spacial score (nSPS) is 14.3. The molecule has 0 spiro atoms. The highest BCUT2D eigenvalue weighted by atomic mass is 16.1. The first kappa shape index (κ1) is 14.6. The number of rotatable bonds is 6. The Morgan fingerprint density at radius 3 is 2.07 bits per heavy atom. The quantitative estimate of drug-likeness (QED) is 0.737. The van der Waals surface area contributed by atoms with Crippen LogP contribution in [0.3, 0.4) is 0 Å². The van der Waals surface area contributed by atoms with Crippen molar-refractivity contribution in [3.05, 3.63) is 0 Å². The van der Waals surface area contributed by atoms with Crippen molar-refractivity contribution in [2.45, 2.75) is 53.9 Å². The van der Waals surface area contributed by atoms with Crippen molar-refractivity contribution in [1.29, 1.82) is 0 Å². The van der Waals surface area contributed by atoms with E-state index >= 15 is 0 Å². The molecule has 0 bridgehead atoms. The Labute approximate surface area is 94.6 Å². The molecule has 0 aliphatic carbocycles. The van der Waals surface area contributed by atoms with Crippen LogP contribution in [0.4, 0.5) is 0 Å². The Morgan fingerprint density at radius 2 is 1.73 bits per heavy atom. The van der Waals surface area contributed by atoms with Gasteiger partial charge < -0.3 is 5.73 Å². The maximum absolute atomic E-state index is 11.5. The minimum atomic E-state index is 0.170. The Bertz CT molecular complexity index is 191. The molecule has 0 radical (unpaired) electrons. The fraction of sp³-hybridized carbons (Fsp3) is 0.923. The number of nitrogens with two attached hydrogens (primary N) is 1. The average Bonchev–Trinajstić information content (AvgIpc) is 2.09. The first-order valence-corrected chi connectivity index (χ1v) is 6.01. The molecule has 0 aromatic heterocycles. The van der Waals surface area contributed by atoms with Crippen LogP contribution in [0.25, 0.3) is 0 Å². The van der Waals surface area contributed by atoms with Crippen LogP contribution in [0.1, 0.15) is 53.9 Å². The molecule has 90 valence electrons. The van der Waals surface area contributed by atoms with E-state index in [0.717, 1.165) is 19.4 Å². The van der Waals surface area contributed by atoms with Gasteiger partial charge in [-0.1, -0.05) is 34.6 Å². The molecule has 0 rings (SSSR count). The van der Waals surface area contributed by atoms with Crippen molar-refractivity contribution in [3.63, 3.8) is 0 Å². The monoisotopic (exact) mass is 213 g/mol. The van der Waals surface area contributed by atoms with Gasteiger partial charge in [-0.15, -0.1) is 0 Å². The van der Waals surface area contributed by atoms with Gasteiger partial charge in [0.15, 0.2) is 0 Å². The van der Waals surface area contributed by atoms with Crippen LogP contribution in [-0.4, -0.2) is 12.3 Å². The van der Waals surface area contributed by atoms with Crippen LogP contribution in [0.5, 0.6) is 0 Å². The Morgan fingerprint density at radius 1 is 1.20 bits per heavy atom. The molecule has 0 aliphatic rings. The highest BCUT2D eigenvalue weighted by Crippen LogP contribution is 2.32. The summed E-state index contributed by atoms with van der Waals surface area (Å²) in [6.07, 6.45) is 2.71. The van der Waals surface area contributed by atoms with Gasteiger partial charge in [-0.25, -0.2) is 0 Å². The summed E-state index contributed by atoms with van der Waals surface area (Å²) in [5.74, 6) is 1.11. The molecule has 0 saturated heterocycles. The predicted molar refractivity (Wildman–Crippen MR) is 65.7 cm³/mol. The van der Waals surface area contributed by atoms with Gasteiger partial charge in [0, 0.05) is 12.3 Å². The van der Waals surface area contributed by atoms with Crippen molar-refractivity contribution in [1.82, 2.24) is 0 Å². The molecule has 0 aliphatic heterocycles. The van der Waals surface area contributed by atoms with Crippen molar-refractivity contribution in [3.8, 4) is 0 Å². The lowest BCUT2D eigenvalue weighted by atomic mass is 9.75. The molecule has 0 aromatic carbocycles. The highest BCUT2D eigenvalue weighted by molar-refractivity contribution is 5.80. The van der Waals surface area contributed by atoms with Crippen molar-refractivity contribution in [2.75, 3.05) is 6.54 Å². The predicted octanol–water partition coefficient (Wildman–Crippen LogP) is 3.00. The molecular formula is C13H27NO. The van der Waals surface area contributed by atoms with E-state index in [1.165, 1.54) is 0 Å². The summed E-state index contributed by atoms with van der Waals surface area (Å²) in [5.41, 5.74) is 5.87. The van der Waals surface area contributed by atoms with E-state index in [9.17, 15) is 4.79 Å². The van der Waals surface area contributed by atoms with Crippen molar-refractivity contribution >= 4 is 5.78 Å². The van der Waals surface area contributed by atoms with E-state index in [4.69, 9.17) is 5.73 Å². The maximum atomic E-state index is 11.5. The highest BCUT2D eigenvalue weighted by Gasteiger charge is 2.24. The van der Waals surface area contributed by atoms with Crippen LogP contribution in [0.15, 0.2) is 0 Å². The standard InChI is InChI=1S/C13H27NO/c1-10(2)12(15)7-6-11(8-9-14)13(3,4)5/h10-11H,6-9,14H2,1-5H3. The third kappa shape index (κ3) is 5.93. The summed E-state index contributed by atoms with van der Waals surface area (Å²) in [5, 5.41) is 0. The van der Waals surface area contributed by atoms with Gasteiger partial charge in [-0.3, -0.25) is 4.79 Å². The number of hydrogen-bond donors (Lipinski definition) is 1. The van der Waals surface area contributed by atoms with Gasteiger partial charge in [0.05, 0.1) is 0 Å². The molecule has 0 heterocycles. The van der Waals surface area contributed by atoms with E-state index in [1.54, 1.807) is 0 Å². The molecule has 0 fully saturated rings. The maximum Gasteiger partial charge on any atom is 0.135 e. The fourth-order valence-electron chi connectivity index (χ4n) is 1.82. The van der Waals surface area contributed by atoms with E-state index in [1.807, 2.05) is 13.8 Å². The van der Waals surface area contributed by atoms with Crippen LogP contribution < -0.4 is 5.73 Å². The van der Waals surface area contributed by atoms with Gasteiger partial charge in [-0.2, -0.15) is 0 Å². The van der Waals surface area contributed by atoms with Gasteiger partial charge >= 0.3 is 0 Å². The lowest BCUT2D eigenvalue weighted by Crippen LogP contribution is -2.24. The second kappa shape index (κ2) is 6.26. The third-order valence-electron chi connectivity index (χ3n) is 3.12. The Kier molecular flexibility index (Phi) is 6.11. The first-order chi connectivity index (χ1) is 6.79. The van der Waals surface area contributed by atoms with E-state index in [0.29, 0.717) is 18.1 Å². The van der Waals surface area contributed by atoms with E-state index in [-0.39, 0.29) is 11.3 Å². The van der Waals surface area contributed by atoms with Gasteiger partial charge in [0.25, 0.3) is 0 Å². The summed E-state index contributed by atoms with van der Waals surface area (Å²) < 4.78 is 0. The second-order valence-electron chi connectivity index (χ2n) is 5.80. The fourth-order valence-corrected chi connectivity index (χ4v) is 1.82. The molecule has 2 heteroatoms. The SMILES string of the molecule is CC(C)C(=O)CCC(CCN)C(C)(C)C. The zero-order chi connectivity index (χ0) is 12.1. The zero-order valence-electron chi connectivity index (χ0n) is 11.0. The second-order valence-corrected chi connectivity index (χ2v) is 5.80. The largest absolute Gasteiger partial charge is 0.330 e. The number of carbonyl (C=O) groups is 1. The molecule has 2 N–H and O–H groups in total. The summed E-state index contributed by atoms with van der Waals surface area (Å²) in [6.45, 7) is 11.3. The molecule has 15 heavy (non-hydrogen) atoms. The van der Waals surface area contributed by atoms with Crippen LogP contribution in [0, 0.1) is 17.3 Å². The number of hydrogen-bond acceptors (Lipinski definition) is 2. The summed E-state index contributed by atoms with van der Waals surface area (Å²) in [4.78, 5) is 11.5. The first-order valence-electron chi connectivity index (χ1n) is 6.01. The molecule has 1 atom stereocenters. The van der Waals surface area contributed by atoms with E-state index < -0.39 is 0 Å². The van der Waals surface area contributed by atoms with Crippen LogP contribution >= 0.6 is 0 Å². The number of Topliss-reactive ketones (excluding diaryl/α,β-unsaturated/α-hetero) is 1. The van der Waals surface area contributed by atoms with Crippen molar-refractivity contribution in [2.24, 2.45) is 23.0 Å². The molecular weight excluding hydrogens is 186 g/mol. The van der Waals surface area contributed by atoms with Crippen molar-refractivity contribution < 1.29 is 4.79 Å². The number of carbonyl (C=O) groups excluding carboxylic acids is 1. The zero-order valence-corrected chi connectivity index (χ0v) is 11.0. The lowest BCUT2D eigenvalue weighted by molar-refractivity contribution is -0.122. The minimum absolute atomic E-state index is 0.170. The van der Waals surface area contributed by atoms with Crippen LogP contribution in [-0.2, 0) is 4.79 Å². The summed E-state index contributed by atoms with van der Waals surface area (Å²) >= 11 is 0. The molecule has 1 unspecified atom stereocenters. The minimum Gasteiger partial charge on any atom is -0.330 e. The van der Waals surface area contributed by atoms with Crippen LogP contribution in [0.2, 0.25) is 0 Å². The summed E-state index contributed by atoms with van der Waals surface area (Å²) in [6, 6.07) is 0.